The number of fused-ring (bicyclic) bond motifs is 1. The van der Waals surface area contributed by atoms with Gasteiger partial charge in [-0.1, -0.05) is 42.0 Å². The van der Waals surface area contributed by atoms with Crippen molar-refractivity contribution in [3.05, 3.63) is 47.5 Å². The molecule has 0 bridgehead atoms. The van der Waals surface area contributed by atoms with Gasteiger partial charge in [-0.3, -0.25) is 14.4 Å². The number of hydrogen-bond acceptors (Lipinski definition) is 4. The highest BCUT2D eigenvalue weighted by Gasteiger charge is 2.70. The lowest BCUT2D eigenvalue weighted by Crippen LogP contribution is -2.57. The van der Waals surface area contributed by atoms with Crippen LogP contribution in [0.4, 0.5) is 0 Å². The highest BCUT2D eigenvalue weighted by molar-refractivity contribution is 6.45. The van der Waals surface area contributed by atoms with E-state index in [4.69, 9.17) is 4.74 Å². The molecule has 0 radical (unpaired) electrons. The van der Waals surface area contributed by atoms with Crippen LogP contribution in [0.5, 0.6) is 0 Å². The number of allylic oxidation sites excluding steroid dienone is 1. The topological polar surface area (TPSA) is 72.5 Å². The Bertz CT molecular complexity index is 709. The van der Waals surface area contributed by atoms with Crippen molar-refractivity contribution in [1.29, 1.82) is 0 Å². The van der Waals surface area contributed by atoms with Crippen molar-refractivity contribution in [3.63, 3.8) is 0 Å². The van der Waals surface area contributed by atoms with Crippen molar-refractivity contribution < 1.29 is 19.1 Å². The largest absolute Gasteiger partial charge is 0.465 e. The first-order valence-electron chi connectivity index (χ1n) is 7.73. The third-order valence-electron chi connectivity index (χ3n) is 4.84. The molecule has 1 heterocycles. The minimum atomic E-state index is -1.53. The Hall–Kier alpha value is -2.43. The van der Waals surface area contributed by atoms with Crippen molar-refractivity contribution >= 4 is 17.7 Å². The number of rotatable bonds is 3. The summed E-state index contributed by atoms with van der Waals surface area (Å²) >= 11 is 0. The number of carbonyl (C=O) groups excluding carboxylic acids is 3. The summed E-state index contributed by atoms with van der Waals surface area (Å²) < 4.78 is 5.21. The zero-order valence-corrected chi connectivity index (χ0v) is 13.2. The zero-order valence-electron chi connectivity index (χ0n) is 13.2. The van der Waals surface area contributed by atoms with Gasteiger partial charge in [0.15, 0.2) is 5.41 Å². The average Bonchev–Trinajstić information content (AvgIpc) is 2.78. The fraction of sp³-hybridized carbons (Fsp3) is 0.389. The lowest BCUT2D eigenvalue weighted by atomic mass is 9.59. The zero-order chi connectivity index (χ0) is 16.7. The molecular formula is C18H19NO4. The minimum Gasteiger partial charge on any atom is -0.465 e. The predicted octanol–water partition coefficient (Wildman–Crippen LogP) is 1.87. The van der Waals surface area contributed by atoms with E-state index in [1.54, 1.807) is 6.92 Å². The molecule has 2 atom stereocenters. The molecule has 120 valence electrons. The third-order valence-corrected chi connectivity index (χ3v) is 4.84. The fourth-order valence-corrected chi connectivity index (χ4v) is 3.77. The number of ketones is 1. The average molecular weight is 313 g/mol. The maximum Gasteiger partial charge on any atom is 0.323 e. The second-order valence-electron chi connectivity index (χ2n) is 6.11. The van der Waals surface area contributed by atoms with E-state index < -0.39 is 28.6 Å². The van der Waals surface area contributed by atoms with E-state index in [1.807, 2.05) is 43.3 Å². The Balaban J connectivity index is 2.27. The van der Waals surface area contributed by atoms with Gasteiger partial charge in [0.05, 0.1) is 12.1 Å². The van der Waals surface area contributed by atoms with Gasteiger partial charge in [-0.25, -0.2) is 0 Å². The lowest BCUT2D eigenvalue weighted by Gasteiger charge is -2.44. The maximum atomic E-state index is 12.8. The maximum absolute atomic E-state index is 12.8. The van der Waals surface area contributed by atoms with Gasteiger partial charge in [-0.05, 0) is 32.3 Å². The van der Waals surface area contributed by atoms with Gasteiger partial charge in [0.2, 0.25) is 5.78 Å². The summed E-state index contributed by atoms with van der Waals surface area (Å²) in [5.41, 5.74) is -0.822. The molecule has 0 saturated carbocycles. The van der Waals surface area contributed by atoms with E-state index in [0.717, 1.165) is 11.1 Å². The highest BCUT2D eigenvalue weighted by Crippen LogP contribution is 2.54. The van der Waals surface area contributed by atoms with Crippen LogP contribution in [0.25, 0.3) is 0 Å². The van der Waals surface area contributed by atoms with E-state index in [-0.39, 0.29) is 13.0 Å². The van der Waals surface area contributed by atoms with Crippen molar-refractivity contribution in [1.82, 2.24) is 5.32 Å². The van der Waals surface area contributed by atoms with E-state index in [9.17, 15) is 14.4 Å². The van der Waals surface area contributed by atoms with Gasteiger partial charge < -0.3 is 10.1 Å². The third kappa shape index (κ3) is 1.96. The molecule has 1 fully saturated rings. The molecule has 5 nitrogen and oxygen atoms in total. The molecule has 1 aromatic carbocycles. The number of nitrogens with one attached hydrogen (secondary N) is 1. The molecule has 0 aromatic heterocycles. The molecule has 1 amide bonds. The van der Waals surface area contributed by atoms with Gasteiger partial charge in [0, 0.05) is 0 Å². The quantitative estimate of drug-likeness (QED) is 0.400. The van der Waals surface area contributed by atoms with Gasteiger partial charge in [0.25, 0.3) is 5.91 Å². The predicted molar refractivity (Wildman–Crippen MR) is 83.3 cm³/mol. The Kier molecular flexibility index (Phi) is 3.59. The van der Waals surface area contributed by atoms with Crippen molar-refractivity contribution in [2.45, 2.75) is 32.2 Å². The number of Topliss-reactive ketones (excluding diaryl/α,β-unsaturated/α-hetero) is 1. The van der Waals surface area contributed by atoms with E-state index in [2.05, 4.69) is 5.32 Å². The Morgan fingerprint density at radius 3 is 2.61 bits per heavy atom. The van der Waals surface area contributed by atoms with Gasteiger partial charge in [-0.15, -0.1) is 0 Å². The number of hydrogen-bond donors (Lipinski definition) is 1. The smallest absolute Gasteiger partial charge is 0.323 e. The summed E-state index contributed by atoms with van der Waals surface area (Å²) in [5.74, 6) is -2.05. The standard InChI is InChI=1S/C18H19NO4/c1-3-23-16(22)17-10-9-12(2)11-18(17,19-15(21)14(17)20)13-7-5-4-6-8-13/h4-9H,3,10-11H2,1-2H3,(H,19,21)/t17-,18+/m1/s1. The molecule has 0 unspecified atom stereocenters. The molecular weight excluding hydrogens is 294 g/mol. The van der Waals surface area contributed by atoms with Gasteiger partial charge in [-0.2, -0.15) is 0 Å². The van der Waals surface area contributed by atoms with E-state index in [0.29, 0.717) is 6.42 Å². The first-order chi connectivity index (χ1) is 11.0. The molecule has 1 aromatic rings. The van der Waals surface area contributed by atoms with E-state index in [1.165, 1.54) is 0 Å². The second-order valence-corrected chi connectivity index (χ2v) is 6.11. The van der Waals surface area contributed by atoms with Crippen LogP contribution in [-0.2, 0) is 24.7 Å². The summed E-state index contributed by atoms with van der Waals surface area (Å²) in [4.78, 5) is 37.7. The van der Waals surface area contributed by atoms with Crippen LogP contribution in [-0.4, -0.2) is 24.3 Å². The van der Waals surface area contributed by atoms with Crippen LogP contribution in [0.2, 0.25) is 0 Å². The fourth-order valence-electron chi connectivity index (χ4n) is 3.77. The summed E-state index contributed by atoms with van der Waals surface area (Å²) in [5, 5.41) is 2.82. The number of benzene rings is 1. The van der Waals surface area contributed by atoms with Crippen LogP contribution in [0.1, 0.15) is 32.3 Å². The number of carbonyl (C=O) groups is 3. The molecule has 5 heteroatoms. The SMILES string of the molecule is CCOC(=O)[C@]12CC=C(C)C[C@@]1(c1ccccc1)NC(=O)C2=O. The minimum absolute atomic E-state index is 0.162. The molecule has 1 saturated heterocycles. The molecule has 23 heavy (non-hydrogen) atoms. The monoisotopic (exact) mass is 313 g/mol. The first-order valence-corrected chi connectivity index (χ1v) is 7.73. The van der Waals surface area contributed by atoms with Crippen molar-refractivity contribution in [2.24, 2.45) is 5.41 Å². The molecule has 1 N–H and O–H groups in total. The number of amides is 1. The van der Waals surface area contributed by atoms with Crippen molar-refractivity contribution in [2.75, 3.05) is 6.61 Å². The first kappa shape index (κ1) is 15.5. The summed E-state index contributed by atoms with van der Waals surface area (Å²) in [6.45, 7) is 3.79. The Labute approximate surface area is 134 Å². The van der Waals surface area contributed by atoms with Crippen LogP contribution in [0.15, 0.2) is 42.0 Å². The van der Waals surface area contributed by atoms with Crippen LogP contribution in [0.3, 0.4) is 0 Å². The Morgan fingerprint density at radius 2 is 1.96 bits per heavy atom. The summed E-state index contributed by atoms with van der Waals surface area (Å²) in [7, 11) is 0. The number of ether oxygens (including phenoxy) is 1. The highest BCUT2D eigenvalue weighted by atomic mass is 16.5. The molecule has 0 spiro atoms. The molecule has 3 rings (SSSR count). The van der Waals surface area contributed by atoms with Gasteiger partial charge >= 0.3 is 5.97 Å². The number of esters is 1. The summed E-state index contributed by atoms with van der Waals surface area (Å²) in [6.07, 6.45) is 2.44. The van der Waals surface area contributed by atoms with E-state index >= 15 is 0 Å². The normalized spacial score (nSPS) is 29.6. The van der Waals surface area contributed by atoms with Crippen LogP contribution < -0.4 is 5.32 Å². The van der Waals surface area contributed by atoms with Gasteiger partial charge in [0.1, 0.15) is 0 Å². The Morgan fingerprint density at radius 1 is 1.26 bits per heavy atom. The molecule has 2 aliphatic rings. The summed E-state index contributed by atoms with van der Waals surface area (Å²) in [6, 6.07) is 9.21. The van der Waals surface area contributed by atoms with Crippen molar-refractivity contribution in [3.8, 4) is 0 Å². The molecule has 1 aliphatic carbocycles. The molecule has 1 aliphatic heterocycles. The second kappa shape index (κ2) is 5.33. The van der Waals surface area contributed by atoms with Crippen LogP contribution in [0, 0.1) is 5.41 Å². The lowest BCUT2D eigenvalue weighted by molar-refractivity contribution is -0.164. The van der Waals surface area contributed by atoms with Crippen LogP contribution >= 0.6 is 0 Å².